The second-order valence-electron chi connectivity index (χ2n) is 5.02. The molecule has 2 N–H and O–H groups in total. The fourth-order valence-corrected chi connectivity index (χ4v) is 3.26. The highest BCUT2D eigenvalue weighted by atomic mass is 32.1. The summed E-state index contributed by atoms with van der Waals surface area (Å²) in [6, 6.07) is 3.39. The summed E-state index contributed by atoms with van der Waals surface area (Å²) in [6.07, 6.45) is 1.34. The third kappa shape index (κ3) is 1.95. The first-order valence-electron chi connectivity index (χ1n) is 6.67. The normalized spacial score (nSPS) is 11.4. The minimum absolute atomic E-state index is 0.0367. The van der Waals surface area contributed by atoms with E-state index in [4.69, 9.17) is 0 Å². The van der Waals surface area contributed by atoms with Gasteiger partial charge in [0.25, 0.3) is 5.56 Å². The fraction of sp³-hybridized carbons (Fsp3) is 0. The smallest absolute Gasteiger partial charge is 0.348 e. The van der Waals surface area contributed by atoms with Gasteiger partial charge in [-0.15, -0.1) is 11.3 Å². The minimum atomic E-state index is -1.18. The average molecular weight is 347 g/mol. The highest BCUT2D eigenvalue weighted by Crippen LogP contribution is 2.29. The van der Waals surface area contributed by atoms with Crippen molar-refractivity contribution in [2.75, 3.05) is 0 Å². The monoisotopic (exact) mass is 347 g/mol. The number of nitrogens with zero attached hydrogens (tertiary/aromatic N) is 2. The summed E-state index contributed by atoms with van der Waals surface area (Å²) in [5.74, 6) is -3.26. The lowest BCUT2D eigenvalue weighted by Gasteiger charge is -2.03. The van der Waals surface area contributed by atoms with Gasteiger partial charge >= 0.3 is 5.97 Å². The van der Waals surface area contributed by atoms with Gasteiger partial charge in [0.1, 0.15) is 10.6 Å². The number of halogens is 2. The molecule has 3 heterocycles. The van der Waals surface area contributed by atoms with Gasteiger partial charge in [0.05, 0.1) is 16.8 Å². The zero-order valence-electron chi connectivity index (χ0n) is 11.7. The van der Waals surface area contributed by atoms with Crippen molar-refractivity contribution < 1.29 is 18.7 Å². The maximum atomic E-state index is 13.5. The third-order valence-corrected chi connectivity index (χ3v) is 4.52. The Hall–Kier alpha value is -3.07. The number of aromatic carboxylic acids is 1. The Morgan fingerprint density at radius 3 is 2.79 bits per heavy atom. The van der Waals surface area contributed by atoms with Crippen LogP contribution in [-0.2, 0) is 0 Å². The van der Waals surface area contributed by atoms with Crippen molar-refractivity contribution in [2.45, 2.75) is 0 Å². The Balaban J connectivity index is 2.07. The lowest BCUT2D eigenvalue weighted by molar-refractivity contribution is 0.0702. The molecule has 0 unspecified atom stereocenters. The Labute approximate surface area is 135 Å². The molecule has 2 aliphatic heterocycles. The van der Waals surface area contributed by atoms with Crippen molar-refractivity contribution >= 4 is 28.2 Å². The van der Waals surface area contributed by atoms with Crippen LogP contribution in [0.2, 0.25) is 0 Å². The molecular weight excluding hydrogens is 340 g/mol. The van der Waals surface area contributed by atoms with E-state index < -0.39 is 23.2 Å². The number of H-pyrrole nitrogens is 1. The molecule has 2 aliphatic rings. The summed E-state index contributed by atoms with van der Waals surface area (Å²) >= 11 is 0.962. The van der Waals surface area contributed by atoms with Crippen LogP contribution < -0.4 is 5.56 Å². The fourth-order valence-electron chi connectivity index (χ4n) is 2.55. The number of carboxylic acids is 1. The van der Waals surface area contributed by atoms with Crippen LogP contribution in [0.5, 0.6) is 0 Å². The van der Waals surface area contributed by atoms with E-state index in [-0.39, 0.29) is 32.7 Å². The largest absolute Gasteiger partial charge is 0.477 e. The molecule has 0 amide bonds. The number of carbonyl (C=O) groups is 1. The van der Waals surface area contributed by atoms with E-state index in [1.165, 1.54) is 17.6 Å². The predicted molar refractivity (Wildman–Crippen MR) is 83.1 cm³/mol. The first-order valence-corrected chi connectivity index (χ1v) is 7.55. The molecule has 1 aromatic carbocycles. The molecule has 0 radical (unpaired) electrons. The summed E-state index contributed by atoms with van der Waals surface area (Å²) < 4.78 is 27.9. The summed E-state index contributed by atoms with van der Waals surface area (Å²) in [5, 5.41) is 15.1. The molecule has 0 fully saturated rings. The number of thiophene rings is 1. The van der Waals surface area contributed by atoms with Crippen molar-refractivity contribution in [1.82, 2.24) is 14.8 Å². The number of benzene rings is 1. The van der Waals surface area contributed by atoms with Crippen LogP contribution in [0.25, 0.3) is 27.8 Å². The van der Waals surface area contributed by atoms with E-state index in [0.717, 1.165) is 28.2 Å². The summed E-state index contributed by atoms with van der Waals surface area (Å²) in [5.41, 5.74) is 0.166. The van der Waals surface area contributed by atoms with E-state index in [2.05, 4.69) is 10.1 Å². The van der Waals surface area contributed by atoms with E-state index >= 15 is 0 Å². The van der Waals surface area contributed by atoms with Gasteiger partial charge in [0, 0.05) is 17.6 Å². The van der Waals surface area contributed by atoms with Crippen LogP contribution in [0, 0.1) is 11.6 Å². The van der Waals surface area contributed by atoms with Crippen molar-refractivity contribution in [3.63, 3.8) is 0 Å². The first-order chi connectivity index (χ1) is 11.5. The first kappa shape index (κ1) is 14.5. The zero-order valence-corrected chi connectivity index (χ0v) is 12.5. The number of fused-ring (bicyclic) bond motifs is 3. The Kier molecular flexibility index (Phi) is 3.00. The Morgan fingerprint density at radius 1 is 1.29 bits per heavy atom. The molecule has 4 rings (SSSR count). The molecule has 1 aromatic heterocycles. The molecule has 0 aliphatic carbocycles. The number of rotatable bonds is 2. The quantitative estimate of drug-likeness (QED) is 0.584. The van der Waals surface area contributed by atoms with E-state index in [0.29, 0.717) is 0 Å². The van der Waals surface area contributed by atoms with Crippen LogP contribution >= 0.6 is 11.3 Å². The summed E-state index contributed by atoms with van der Waals surface area (Å²) in [7, 11) is 0. The minimum Gasteiger partial charge on any atom is -0.477 e. The number of carboxylic acid groups (broad SMARTS) is 1. The third-order valence-electron chi connectivity index (χ3n) is 3.63. The summed E-state index contributed by atoms with van der Waals surface area (Å²) in [6.45, 7) is 0. The van der Waals surface area contributed by atoms with Crippen LogP contribution in [0.3, 0.4) is 0 Å². The molecule has 0 saturated carbocycles. The standard InChI is InChI=1S/C15H7F2N3O3S/c16-8-3-6-10(4-9(8)17)18-5-7-12(6)19-20(14(7)21)11-1-2-24-13(11)15(22)23/h1-5,18H,(H,22,23). The molecule has 0 saturated heterocycles. The van der Waals surface area contributed by atoms with Gasteiger partial charge in [0.2, 0.25) is 0 Å². The predicted octanol–water partition coefficient (Wildman–Crippen LogP) is 2.86. The topological polar surface area (TPSA) is 88.0 Å². The molecule has 6 nitrogen and oxygen atoms in total. The van der Waals surface area contributed by atoms with Gasteiger partial charge in [-0.2, -0.15) is 9.78 Å². The highest BCUT2D eigenvalue weighted by Gasteiger charge is 2.23. The molecule has 2 aromatic rings. The van der Waals surface area contributed by atoms with Gasteiger partial charge < -0.3 is 10.1 Å². The van der Waals surface area contributed by atoms with Crippen LogP contribution in [0.1, 0.15) is 9.67 Å². The number of hydrogen-bond donors (Lipinski definition) is 2. The van der Waals surface area contributed by atoms with Gasteiger partial charge in [-0.05, 0) is 17.5 Å². The Morgan fingerprint density at radius 2 is 2.04 bits per heavy atom. The lowest BCUT2D eigenvalue weighted by Crippen LogP contribution is -2.16. The number of aromatic amines is 1. The highest BCUT2D eigenvalue weighted by molar-refractivity contribution is 7.12. The average Bonchev–Trinajstić information content (AvgIpc) is 3.13. The van der Waals surface area contributed by atoms with Crippen molar-refractivity contribution in [3.8, 4) is 16.9 Å². The number of aromatic nitrogens is 3. The molecule has 120 valence electrons. The SMILES string of the molecule is O=C(O)c1sccc1-n1nc2c3cc(F)c(F)cc3[nH]cc-2c1=O. The van der Waals surface area contributed by atoms with Gasteiger partial charge in [-0.25, -0.2) is 13.6 Å². The second-order valence-corrected chi connectivity index (χ2v) is 5.94. The van der Waals surface area contributed by atoms with Crippen LogP contribution in [0.4, 0.5) is 8.78 Å². The number of pyridine rings is 1. The van der Waals surface area contributed by atoms with E-state index in [9.17, 15) is 23.5 Å². The van der Waals surface area contributed by atoms with Crippen molar-refractivity contribution in [3.05, 3.63) is 56.6 Å². The Bertz CT molecular complexity index is 1140. The number of nitrogens with one attached hydrogen (secondary N) is 1. The molecular formula is C15H7F2N3O3S. The van der Waals surface area contributed by atoms with E-state index in [1.54, 1.807) is 0 Å². The van der Waals surface area contributed by atoms with Crippen molar-refractivity contribution in [1.29, 1.82) is 0 Å². The molecule has 9 heteroatoms. The maximum Gasteiger partial charge on any atom is 0.348 e. The summed E-state index contributed by atoms with van der Waals surface area (Å²) in [4.78, 5) is 26.5. The number of hydrogen-bond acceptors (Lipinski definition) is 4. The molecule has 0 bridgehead atoms. The second kappa shape index (κ2) is 4.96. The van der Waals surface area contributed by atoms with E-state index in [1.807, 2.05) is 0 Å². The lowest BCUT2D eigenvalue weighted by atomic mass is 10.1. The van der Waals surface area contributed by atoms with Gasteiger partial charge in [-0.3, -0.25) is 4.79 Å². The maximum absolute atomic E-state index is 13.5. The molecule has 0 spiro atoms. The van der Waals surface area contributed by atoms with Gasteiger partial charge in [0.15, 0.2) is 11.6 Å². The van der Waals surface area contributed by atoms with Crippen LogP contribution in [0.15, 0.2) is 34.6 Å². The van der Waals surface area contributed by atoms with Crippen LogP contribution in [-0.4, -0.2) is 25.8 Å². The zero-order chi connectivity index (χ0) is 17.0. The van der Waals surface area contributed by atoms with Crippen molar-refractivity contribution in [2.24, 2.45) is 0 Å². The molecule has 24 heavy (non-hydrogen) atoms. The van der Waals surface area contributed by atoms with Gasteiger partial charge in [-0.1, -0.05) is 0 Å². The molecule has 0 atom stereocenters.